The summed E-state index contributed by atoms with van der Waals surface area (Å²) < 4.78 is 0.812. The van der Waals surface area contributed by atoms with Crippen molar-refractivity contribution in [3.63, 3.8) is 0 Å². The van der Waals surface area contributed by atoms with E-state index in [1.807, 2.05) is 6.07 Å². The zero-order chi connectivity index (χ0) is 16.4. The van der Waals surface area contributed by atoms with E-state index < -0.39 is 6.10 Å². The van der Waals surface area contributed by atoms with Crippen LogP contribution in [0.25, 0.3) is 0 Å². The molecule has 1 aromatic heterocycles. The summed E-state index contributed by atoms with van der Waals surface area (Å²) in [7, 11) is 0. The molecule has 0 aliphatic heterocycles. The van der Waals surface area contributed by atoms with Crippen LogP contribution in [0.1, 0.15) is 48.8 Å². The predicted octanol–water partition coefficient (Wildman–Crippen LogP) is 3.82. The van der Waals surface area contributed by atoms with E-state index in [0.29, 0.717) is 0 Å². The first-order valence-corrected chi connectivity index (χ1v) is 9.01. The number of nitrogens with zero attached hydrogens (tertiary/aromatic N) is 2. The lowest BCUT2D eigenvalue weighted by molar-refractivity contribution is 0.135. The van der Waals surface area contributed by atoms with Crippen LogP contribution in [0, 0.1) is 0 Å². The lowest BCUT2D eigenvalue weighted by Crippen LogP contribution is -2.31. The van der Waals surface area contributed by atoms with Crippen LogP contribution in [0.15, 0.2) is 28.9 Å². The van der Waals surface area contributed by atoms with Crippen molar-refractivity contribution in [3.05, 3.63) is 51.4 Å². The van der Waals surface area contributed by atoms with Crippen LogP contribution in [-0.4, -0.2) is 21.2 Å². The van der Waals surface area contributed by atoms with Crippen LogP contribution in [-0.2, 0) is 19.3 Å². The fraction of sp³-hybridized carbons (Fsp3) is 0.444. The maximum Gasteiger partial charge on any atom is 0.148 e. The lowest BCUT2D eigenvalue weighted by Gasteiger charge is -2.32. The maximum absolute atomic E-state index is 10.5. The predicted molar refractivity (Wildman–Crippen MR) is 95.6 cm³/mol. The molecule has 0 spiro atoms. The Balaban J connectivity index is 1.98. The Morgan fingerprint density at radius 2 is 1.91 bits per heavy atom. The Hall–Kier alpha value is -1.46. The summed E-state index contributed by atoms with van der Waals surface area (Å²) in [5.74, 6) is 0.785. The molecule has 0 unspecified atom stereocenters. The van der Waals surface area contributed by atoms with E-state index in [1.165, 1.54) is 5.56 Å². The van der Waals surface area contributed by atoms with Gasteiger partial charge in [-0.3, -0.25) is 0 Å². The second-order valence-corrected chi connectivity index (χ2v) is 6.64. The quantitative estimate of drug-likeness (QED) is 0.852. The normalized spacial score (nSPS) is 20.2. The number of nitrogens with one attached hydrogen (secondary N) is 1. The second-order valence-electron chi connectivity index (χ2n) is 5.89. The summed E-state index contributed by atoms with van der Waals surface area (Å²) in [5, 5.41) is 14.0. The van der Waals surface area contributed by atoms with Gasteiger partial charge in [-0.05, 0) is 52.7 Å². The van der Waals surface area contributed by atoms with Gasteiger partial charge < -0.3 is 10.4 Å². The Kier molecular flexibility index (Phi) is 4.97. The highest BCUT2D eigenvalue weighted by Crippen LogP contribution is 2.33. The molecule has 1 heterocycles. The molecule has 122 valence electrons. The van der Waals surface area contributed by atoms with Gasteiger partial charge in [0.25, 0.3) is 0 Å². The molecule has 23 heavy (non-hydrogen) atoms. The zero-order valence-electron chi connectivity index (χ0n) is 13.5. The third-order valence-corrected chi connectivity index (χ3v) is 5.07. The van der Waals surface area contributed by atoms with Crippen molar-refractivity contribution in [2.24, 2.45) is 0 Å². The molecular weight excluding hydrogens is 354 g/mol. The summed E-state index contributed by atoms with van der Waals surface area (Å²) >= 11 is 3.49. The topological polar surface area (TPSA) is 58.0 Å². The summed E-state index contributed by atoms with van der Waals surface area (Å²) in [6.45, 7) is 4.13. The van der Waals surface area contributed by atoms with Crippen molar-refractivity contribution in [2.45, 2.75) is 51.7 Å². The molecule has 2 N–H and O–H groups in total. The van der Waals surface area contributed by atoms with E-state index in [-0.39, 0.29) is 6.04 Å². The van der Waals surface area contributed by atoms with Gasteiger partial charge in [0.15, 0.2) is 0 Å². The first-order chi connectivity index (χ1) is 11.1. The smallest absolute Gasteiger partial charge is 0.148 e. The molecule has 1 aromatic carbocycles. The van der Waals surface area contributed by atoms with Gasteiger partial charge in [0.1, 0.15) is 10.4 Å². The molecule has 0 saturated heterocycles. The lowest BCUT2D eigenvalue weighted by atomic mass is 9.85. The number of aryl methyl sites for hydroxylation is 3. The molecule has 2 atom stereocenters. The Labute approximate surface area is 145 Å². The fourth-order valence-corrected chi connectivity index (χ4v) is 3.72. The van der Waals surface area contributed by atoms with E-state index in [4.69, 9.17) is 4.98 Å². The van der Waals surface area contributed by atoms with Crippen molar-refractivity contribution in [2.75, 3.05) is 5.32 Å². The highest BCUT2D eigenvalue weighted by molar-refractivity contribution is 9.10. The SMILES string of the molecule is CCc1nc(N[C@@H]2c3ccccc3CC[C@@H]2O)c(CC)nc1Br. The van der Waals surface area contributed by atoms with Gasteiger partial charge in [-0.1, -0.05) is 38.1 Å². The number of rotatable bonds is 4. The molecule has 4 nitrogen and oxygen atoms in total. The number of anilines is 1. The van der Waals surface area contributed by atoms with Crippen LogP contribution in [0.5, 0.6) is 0 Å². The molecule has 1 aliphatic rings. The number of halogens is 1. The molecule has 0 saturated carbocycles. The maximum atomic E-state index is 10.5. The standard InChI is InChI=1S/C18H22BrN3O/c1-3-13-17(19)20-14(4-2)18(21-13)22-16-12-8-6-5-7-11(12)9-10-15(16)23/h5-8,15-16,23H,3-4,9-10H2,1-2H3,(H,21,22)/t15-,16+/m0/s1. The van der Waals surface area contributed by atoms with Gasteiger partial charge in [-0.15, -0.1) is 0 Å². The fourth-order valence-electron chi connectivity index (χ4n) is 3.13. The molecule has 1 aliphatic carbocycles. The molecule has 2 aromatic rings. The molecule has 0 radical (unpaired) electrons. The van der Waals surface area contributed by atoms with Gasteiger partial charge in [-0.25, -0.2) is 9.97 Å². The van der Waals surface area contributed by atoms with Crippen molar-refractivity contribution in [1.29, 1.82) is 0 Å². The van der Waals surface area contributed by atoms with Crippen molar-refractivity contribution in [1.82, 2.24) is 9.97 Å². The third-order valence-electron chi connectivity index (χ3n) is 4.44. The van der Waals surface area contributed by atoms with Gasteiger partial charge in [-0.2, -0.15) is 0 Å². The van der Waals surface area contributed by atoms with Crippen molar-refractivity contribution >= 4 is 21.7 Å². The molecule has 0 fully saturated rings. The second kappa shape index (κ2) is 6.97. The number of fused-ring (bicyclic) bond motifs is 1. The Morgan fingerprint density at radius 1 is 1.17 bits per heavy atom. The minimum Gasteiger partial charge on any atom is -0.391 e. The van der Waals surface area contributed by atoms with E-state index in [0.717, 1.165) is 53.1 Å². The average Bonchev–Trinajstić information content (AvgIpc) is 2.58. The number of hydrogen-bond donors (Lipinski definition) is 2. The Morgan fingerprint density at radius 3 is 2.65 bits per heavy atom. The number of aliphatic hydroxyl groups excluding tert-OH is 1. The number of aromatic nitrogens is 2. The van der Waals surface area contributed by atoms with E-state index in [1.54, 1.807) is 0 Å². The van der Waals surface area contributed by atoms with Crippen LogP contribution < -0.4 is 5.32 Å². The molecule has 5 heteroatoms. The number of benzene rings is 1. The highest BCUT2D eigenvalue weighted by Gasteiger charge is 2.29. The Bertz CT molecular complexity index is 705. The van der Waals surface area contributed by atoms with Crippen LogP contribution in [0.4, 0.5) is 5.82 Å². The first-order valence-electron chi connectivity index (χ1n) is 8.21. The summed E-state index contributed by atoms with van der Waals surface area (Å²) in [6.07, 6.45) is 2.88. The van der Waals surface area contributed by atoms with Gasteiger partial charge in [0.2, 0.25) is 0 Å². The molecule has 0 amide bonds. The van der Waals surface area contributed by atoms with E-state index in [2.05, 4.69) is 58.3 Å². The minimum atomic E-state index is -0.412. The summed E-state index contributed by atoms with van der Waals surface area (Å²) in [6, 6.07) is 8.18. The average molecular weight is 376 g/mol. The van der Waals surface area contributed by atoms with E-state index in [9.17, 15) is 5.11 Å². The van der Waals surface area contributed by atoms with Crippen LogP contribution in [0.2, 0.25) is 0 Å². The molecule has 3 rings (SSSR count). The number of aliphatic hydroxyl groups is 1. The van der Waals surface area contributed by atoms with E-state index >= 15 is 0 Å². The van der Waals surface area contributed by atoms with Gasteiger partial charge in [0, 0.05) is 0 Å². The highest BCUT2D eigenvalue weighted by atomic mass is 79.9. The van der Waals surface area contributed by atoms with Gasteiger partial charge >= 0.3 is 0 Å². The summed E-state index contributed by atoms with van der Waals surface area (Å²) in [4.78, 5) is 9.35. The monoisotopic (exact) mass is 375 g/mol. The van der Waals surface area contributed by atoms with Crippen molar-refractivity contribution < 1.29 is 5.11 Å². The molecular formula is C18H22BrN3O. The largest absolute Gasteiger partial charge is 0.391 e. The third kappa shape index (κ3) is 3.26. The molecule has 0 bridgehead atoms. The first kappa shape index (κ1) is 16.4. The minimum absolute atomic E-state index is 0.134. The summed E-state index contributed by atoms with van der Waals surface area (Å²) in [5.41, 5.74) is 4.32. The van der Waals surface area contributed by atoms with Crippen LogP contribution in [0.3, 0.4) is 0 Å². The van der Waals surface area contributed by atoms with Gasteiger partial charge in [0.05, 0.1) is 23.5 Å². The number of hydrogen-bond acceptors (Lipinski definition) is 4. The van der Waals surface area contributed by atoms with Crippen molar-refractivity contribution in [3.8, 4) is 0 Å². The van der Waals surface area contributed by atoms with Crippen LogP contribution >= 0.6 is 15.9 Å². The zero-order valence-corrected chi connectivity index (χ0v) is 15.1.